The Hall–Kier alpha value is -3.35. The molecule has 0 radical (unpaired) electrons. The number of aliphatic hydroxyl groups is 8. The van der Waals surface area contributed by atoms with Crippen molar-refractivity contribution in [2.24, 2.45) is 0 Å². The Morgan fingerprint density at radius 2 is 0.693 bits per heavy atom. The third-order valence-corrected chi connectivity index (χ3v) is 19.7. The molecule has 2 fully saturated rings. The van der Waals surface area contributed by atoms with E-state index in [4.69, 9.17) is 18.9 Å². The van der Waals surface area contributed by atoms with Gasteiger partial charge in [0.1, 0.15) is 48.8 Å². The smallest absolute Gasteiger partial charge is 0.220 e. The third kappa shape index (κ3) is 52.3. The van der Waals surface area contributed by atoms with Gasteiger partial charge in [0.05, 0.1) is 32.0 Å². The lowest BCUT2D eigenvalue weighted by Gasteiger charge is -2.46. The highest BCUT2D eigenvalue weighted by molar-refractivity contribution is 5.76. The molecule has 12 unspecified atom stereocenters. The number of carbonyl (C=O) groups excluding carboxylic acids is 1. The van der Waals surface area contributed by atoms with Gasteiger partial charge < -0.3 is 65.1 Å². The first-order valence-electron chi connectivity index (χ1n) is 41.6. The Kier molecular flexibility index (Phi) is 64.7. The van der Waals surface area contributed by atoms with Crippen molar-refractivity contribution in [1.29, 1.82) is 0 Å². The van der Waals surface area contributed by atoms with Gasteiger partial charge in [-0.05, 0) is 96.3 Å². The first-order valence-corrected chi connectivity index (χ1v) is 41.6. The fourth-order valence-corrected chi connectivity index (χ4v) is 13.2. The molecule has 14 nitrogen and oxygen atoms in total. The molecule has 0 saturated carbocycles. The van der Waals surface area contributed by atoms with Crippen LogP contribution in [0.5, 0.6) is 0 Å². The molecule has 0 bridgehead atoms. The summed E-state index contributed by atoms with van der Waals surface area (Å²) >= 11 is 0. The van der Waals surface area contributed by atoms with Gasteiger partial charge >= 0.3 is 0 Å². The zero-order valence-electron chi connectivity index (χ0n) is 64.1. The van der Waals surface area contributed by atoms with Crippen LogP contribution in [0.25, 0.3) is 0 Å². The predicted octanol–water partition coefficient (Wildman–Crippen LogP) is 19.4. The lowest BCUT2D eigenvalue weighted by molar-refractivity contribution is -0.359. The van der Waals surface area contributed by atoms with Crippen LogP contribution in [0.1, 0.15) is 341 Å². The maximum Gasteiger partial charge on any atom is 0.220 e. The molecule has 0 aromatic carbocycles. The van der Waals surface area contributed by atoms with E-state index < -0.39 is 86.8 Å². The van der Waals surface area contributed by atoms with Gasteiger partial charge in [0, 0.05) is 6.42 Å². The summed E-state index contributed by atoms with van der Waals surface area (Å²) in [7, 11) is 0. The highest BCUT2D eigenvalue weighted by Gasteiger charge is 2.51. The first-order chi connectivity index (χ1) is 49.6. The van der Waals surface area contributed by atoms with Gasteiger partial charge in [0.15, 0.2) is 12.6 Å². The summed E-state index contributed by atoms with van der Waals surface area (Å²) in [6, 6.07) is -0.944. The normalized spacial score (nSPS) is 22.3. The maximum absolute atomic E-state index is 13.4. The van der Waals surface area contributed by atoms with Crippen molar-refractivity contribution < 1.29 is 64.6 Å². The number of aliphatic hydroxyl groups excluding tert-OH is 8. The van der Waals surface area contributed by atoms with Crippen LogP contribution in [0.15, 0.2) is 109 Å². The van der Waals surface area contributed by atoms with Crippen molar-refractivity contribution in [3.05, 3.63) is 109 Å². The minimum atomic E-state index is -1.80. The van der Waals surface area contributed by atoms with Crippen LogP contribution in [0.2, 0.25) is 0 Å². The molecule has 12 atom stereocenters. The second-order valence-electron chi connectivity index (χ2n) is 28.9. The molecule has 1 amide bonds. The first kappa shape index (κ1) is 93.7. The number of amides is 1. The van der Waals surface area contributed by atoms with E-state index in [-0.39, 0.29) is 18.9 Å². The van der Waals surface area contributed by atoms with Gasteiger partial charge in [0.25, 0.3) is 0 Å². The Labute approximate surface area is 616 Å². The van der Waals surface area contributed by atoms with E-state index in [9.17, 15) is 45.6 Å². The fraction of sp³-hybridized carbons (Fsp3) is 0.782. The molecule has 2 rings (SSSR count). The van der Waals surface area contributed by atoms with Gasteiger partial charge in [-0.1, -0.05) is 348 Å². The van der Waals surface area contributed by atoms with Crippen LogP contribution in [0.4, 0.5) is 0 Å². The number of rotatable bonds is 69. The molecular weight excluding hydrogens is 1270 g/mol. The van der Waals surface area contributed by atoms with Crippen molar-refractivity contribution in [3.8, 4) is 0 Å². The number of ether oxygens (including phenoxy) is 4. The quantitative estimate of drug-likeness (QED) is 0.0204. The van der Waals surface area contributed by atoms with Crippen molar-refractivity contribution in [2.75, 3.05) is 19.8 Å². The monoisotopic (exact) mass is 1420 g/mol. The third-order valence-electron chi connectivity index (χ3n) is 19.7. The van der Waals surface area contributed by atoms with Crippen molar-refractivity contribution >= 4 is 5.91 Å². The van der Waals surface area contributed by atoms with Crippen LogP contribution in [-0.2, 0) is 23.7 Å². The van der Waals surface area contributed by atoms with E-state index in [0.717, 1.165) is 83.5 Å². The Bertz CT molecular complexity index is 2120. The van der Waals surface area contributed by atoms with E-state index in [1.807, 2.05) is 6.08 Å². The Morgan fingerprint density at radius 1 is 0.366 bits per heavy atom. The highest BCUT2D eigenvalue weighted by atomic mass is 16.7. The minimum Gasteiger partial charge on any atom is -0.394 e. The molecule has 0 spiro atoms. The molecule has 0 aromatic rings. The molecule has 2 aliphatic rings. The van der Waals surface area contributed by atoms with Crippen molar-refractivity contribution in [3.63, 3.8) is 0 Å². The summed E-state index contributed by atoms with van der Waals surface area (Å²) in [4.78, 5) is 13.4. The molecule has 2 heterocycles. The number of hydrogen-bond acceptors (Lipinski definition) is 13. The molecule has 9 N–H and O–H groups in total. The lowest BCUT2D eigenvalue weighted by atomic mass is 9.97. The number of hydrogen-bond donors (Lipinski definition) is 9. The fourth-order valence-electron chi connectivity index (χ4n) is 13.2. The molecule has 101 heavy (non-hydrogen) atoms. The molecule has 584 valence electrons. The summed E-state index contributed by atoms with van der Waals surface area (Å²) in [5.41, 5.74) is 0. The number of nitrogens with one attached hydrogen (secondary N) is 1. The van der Waals surface area contributed by atoms with E-state index in [0.29, 0.717) is 12.8 Å². The molecule has 0 aliphatic carbocycles. The summed E-state index contributed by atoms with van der Waals surface area (Å²) in [6.07, 6.45) is 84.7. The van der Waals surface area contributed by atoms with Crippen LogP contribution >= 0.6 is 0 Å². The van der Waals surface area contributed by atoms with Crippen LogP contribution in [0.3, 0.4) is 0 Å². The van der Waals surface area contributed by atoms with Crippen LogP contribution < -0.4 is 5.32 Å². The van der Waals surface area contributed by atoms with E-state index in [2.05, 4.69) is 116 Å². The zero-order valence-corrected chi connectivity index (χ0v) is 64.1. The second kappa shape index (κ2) is 69.7. The predicted molar refractivity (Wildman–Crippen MR) is 419 cm³/mol. The van der Waals surface area contributed by atoms with E-state index in [1.54, 1.807) is 6.08 Å². The average molecular weight is 1420 g/mol. The van der Waals surface area contributed by atoms with Gasteiger partial charge in [-0.3, -0.25) is 4.79 Å². The van der Waals surface area contributed by atoms with Gasteiger partial charge in [-0.2, -0.15) is 0 Å². The lowest BCUT2D eigenvalue weighted by Crippen LogP contribution is -2.65. The van der Waals surface area contributed by atoms with E-state index in [1.165, 1.54) is 225 Å². The van der Waals surface area contributed by atoms with Gasteiger partial charge in [0.2, 0.25) is 5.91 Å². The molecule has 14 heteroatoms. The molecule has 2 aliphatic heterocycles. The SMILES string of the molecule is CC/C=C\C/C=C\C/C=C\C/C=C\C/C=C\C/C=C\CCCCCCCCCCCCCCCCCCCCCCC(=O)NC(COC1OC(CO)C(OC2OC(CO)C(O)C(O)C2O)C(O)C1O)C(O)/C=C/CC/C=C/CC/C=C/CCCCCCCCCCCCCCCCCCCC. The standard InChI is InChI=1S/C87H153NO13/c1-3-5-7-9-11-13-15-17-19-21-23-25-27-29-31-33-34-35-36-37-38-39-40-41-42-43-45-47-49-51-53-55-57-59-61-63-65-67-69-71-79(92)88-75(74-98-86-84(97)82(95)85(78(73-90)100-86)101-87-83(96)81(94)80(93)77(72-89)99-87)76(91)70-68-66-64-62-60-58-56-54-52-50-48-46-44-32-30-28-26-24-22-20-18-16-14-12-10-8-6-4-2/h5,7,11,13,17,19,23,25,29,31,34-35,52,54,60,62,68,70,75-78,80-87,89-91,93-97H,3-4,6,8-10,12,14-16,18,20-22,24,26-28,30,32-33,36-51,53,55-59,61,63-67,69,71-74H2,1-2H3,(H,88,92)/b7-5-,13-11-,19-17-,25-23-,31-29-,35-34-,54-52+,62-60+,70-68+. The number of carbonyl (C=O) groups is 1. The maximum atomic E-state index is 13.4. The summed E-state index contributed by atoms with van der Waals surface area (Å²) in [6.45, 7) is 2.70. The Balaban J connectivity index is 1.61. The molecule has 2 saturated heterocycles. The van der Waals surface area contributed by atoms with Crippen molar-refractivity contribution in [1.82, 2.24) is 5.32 Å². The van der Waals surface area contributed by atoms with Gasteiger partial charge in [-0.15, -0.1) is 0 Å². The minimum absolute atomic E-state index is 0.250. The van der Waals surface area contributed by atoms with E-state index >= 15 is 0 Å². The molecular formula is C87H153NO13. The van der Waals surface area contributed by atoms with Crippen LogP contribution in [0, 0.1) is 0 Å². The Morgan fingerprint density at radius 3 is 1.09 bits per heavy atom. The molecule has 0 aromatic heterocycles. The average Bonchev–Trinajstić information content (AvgIpc) is 0.790. The van der Waals surface area contributed by atoms with Crippen LogP contribution in [-0.4, -0.2) is 140 Å². The highest BCUT2D eigenvalue weighted by Crippen LogP contribution is 2.30. The van der Waals surface area contributed by atoms with Crippen molar-refractivity contribution in [2.45, 2.75) is 415 Å². The summed E-state index contributed by atoms with van der Waals surface area (Å²) < 4.78 is 22.9. The second-order valence-corrected chi connectivity index (χ2v) is 28.9. The number of unbranched alkanes of at least 4 members (excludes halogenated alkanes) is 40. The summed E-state index contributed by atoms with van der Waals surface area (Å²) in [5, 5.41) is 87.7. The largest absolute Gasteiger partial charge is 0.394 e. The number of allylic oxidation sites excluding steroid dienone is 17. The summed E-state index contributed by atoms with van der Waals surface area (Å²) in [5.74, 6) is -0.250. The van der Waals surface area contributed by atoms with Gasteiger partial charge in [-0.25, -0.2) is 0 Å². The zero-order chi connectivity index (χ0) is 73.0. The topological polar surface area (TPSA) is 228 Å².